The van der Waals surface area contributed by atoms with Gasteiger partial charge in [0.1, 0.15) is 0 Å². The maximum Gasteiger partial charge on any atom is 0.225 e. The smallest absolute Gasteiger partial charge is 0.225 e. The van der Waals surface area contributed by atoms with E-state index in [1.165, 1.54) is 0 Å². The van der Waals surface area contributed by atoms with Crippen molar-refractivity contribution in [3.8, 4) is 0 Å². The lowest BCUT2D eigenvalue weighted by molar-refractivity contribution is 0.518. The van der Waals surface area contributed by atoms with Crippen molar-refractivity contribution in [2.45, 2.75) is 20.4 Å². The number of aromatic nitrogens is 3. The molecule has 0 aromatic carbocycles. The summed E-state index contributed by atoms with van der Waals surface area (Å²) in [6.45, 7) is 5.23. The van der Waals surface area contributed by atoms with E-state index in [2.05, 4.69) is 24.0 Å². The number of anilines is 1. The molecular formula is C8H16N4S. The molecule has 5 heteroatoms. The Kier molecular flexibility index (Phi) is 3.08. The van der Waals surface area contributed by atoms with Crippen LogP contribution >= 0.6 is 12.2 Å². The van der Waals surface area contributed by atoms with Gasteiger partial charge >= 0.3 is 0 Å². The molecule has 0 atom stereocenters. The molecule has 0 aliphatic heterocycles. The van der Waals surface area contributed by atoms with Crippen LogP contribution in [0, 0.1) is 10.7 Å². The van der Waals surface area contributed by atoms with Crippen LogP contribution in [0.3, 0.4) is 0 Å². The van der Waals surface area contributed by atoms with Gasteiger partial charge in [-0.15, -0.1) is 5.10 Å². The predicted molar refractivity (Wildman–Crippen MR) is 56.6 cm³/mol. The van der Waals surface area contributed by atoms with Gasteiger partial charge in [-0.25, -0.2) is 5.10 Å². The third kappa shape index (κ3) is 2.30. The van der Waals surface area contributed by atoms with Gasteiger partial charge in [0.2, 0.25) is 5.95 Å². The lowest BCUT2D eigenvalue weighted by atomic mass is 10.2. The highest BCUT2D eigenvalue weighted by Crippen LogP contribution is 2.10. The number of aromatic amines is 1. The molecule has 74 valence electrons. The predicted octanol–water partition coefficient (Wildman–Crippen LogP) is 1.66. The summed E-state index contributed by atoms with van der Waals surface area (Å²) in [7, 11) is 3.92. The third-order valence-corrected chi connectivity index (χ3v) is 2.00. The van der Waals surface area contributed by atoms with E-state index in [0.717, 1.165) is 12.5 Å². The maximum absolute atomic E-state index is 5.13. The molecule has 1 N–H and O–H groups in total. The fraction of sp³-hybridized carbons (Fsp3) is 0.750. The van der Waals surface area contributed by atoms with Crippen molar-refractivity contribution in [1.82, 2.24) is 14.8 Å². The monoisotopic (exact) mass is 200 g/mol. The molecule has 1 rings (SSSR count). The second kappa shape index (κ2) is 3.91. The molecule has 0 amide bonds. The van der Waals surface area contributed by atoms with Crippen LogP contribution in [0.4, 0.5) is 5.95 Å². The van der Waals surface area contributed by atoms with Gasteiger partial charge in [0, 0.05) is 20.6 Å². The number of H-pyrrole nitrogens is 1. The van der Waals surface area contributed by atoms with Crippen molar-refractivity contribution in [1.29, 1.82) is 0 Å². The second-order valence-corrected chi connectivity index (χ2v) is 4.11. The molecule has 0 radical (unpaired) electrons. The van der Waals surface area contributed by atoms with Crippen molar-refractivity contribution in [3.05, 3.63) is 4.77 Å². The van der Waals surface area contributed by atoms with Gasteiger partial charge in [0.05, 0.1) is 0 Å². The van der Waals surface area contributed by atoms with Crippen LogP contribution in [0.2, 0.25) is 0 Å². The minimum absolute atomic E-state index is 0.572. The third-order valence-electron chi connectivity index (χ3n) is 1.69. The van der Waals surface area contributed by atoms with Gasteiger partial charge in [0.15, 0.2) is 4.77 Å². The Morgan fingerprint density at radius 3 is 2.62 bits per heavy atom. The fourth-order valence-electron chi connectivity index (χ4n) is 1.18. The Hall–Kier alpha value is -0.840. The van der Waals surface area contributed by atoms with Crippen LogP contribution < -0.4 is 4.90 Å². The number of rotatable bonds is 3. The molecule has 0 bridgehead atoms. The van der Waals surface area contributed by atoms with Crippen molar-refractivity contribution < 1.29 is 0 Å². The van der Waals surface area contributed by atoms with Gasteiger partial charge in [-0.1, -0.05) is 13.8 Å². The molecule has 1 heterocycles. The second-order valence-electron chi connectivity index (χ2n) is 3.73. The van der Waals surface area contributed by atoms with Crippen LogP contribution in [0.5, 0.6) is 0 Å². The quantitative estimate of drug-likeness (QED) is 0.754. The number of nitrogens with one attached hydrogen (secondary N) is 1. The van der Waals surface area contributed by atoms with Crippen molar-refractivity contribution >= 4 is 18.2 Å². The molecule has 0 aliphatic rings. The zero-order valence-corrected chi connectivity index (χ0v) is 9.35. The maximum atomic E-state index is 5.13. The Labute approximate surface area is 83.6 Å². The lowest BCUT2D eigenvalue weighted by Crippen LogP contribution is -2.17. The summed E-state index contributed by atoms with van der Waals surface area (Å²) in [4.78, 5) is 1.95. The van der Waals surface area contributed by atoms with E-state index >= 15 is 0 Å². The van der Waals surface area contributed by atoms with Crippen molar-refractivity contribution in [2.75, 3.05) is 19.0 Å². The summed E-state index contributed by atoms with van der Waals surface area (Å²) < 4.78 is 2.71. The highest BCUT2D eigenvalue weighted by molar-refractivity contribution is 7.71. The van der Waals surface area contributed by atoms with Gasteiger partial charge in [-0.2, -0.15) is 0 Å². The minimum atomic E-state index is 0.572. The van der Waals surface area contributed by atoms with Crippen LogP contribution in [0.25, 0.3) is 0 Å². The van der Waals surface area contributed by atoms with E-state index in [0.29, 0.717) is 10.7 Å². The molecule has 0 spiro atoms. The zero-order valence-electron chi connectivity index (χ0n) is 8.53. The highest BCUT2D eigenvalue weighted by atomic mass is 32.1. The number of hydrogen-bond acceptors (Lipinski definition) is 3. The summed E-state index contributed by atoms with van der Waals surface area (Å²) in [5.41, 5.74) is 0. The number of hydrogen-bond donors (Lipinski definition) is 1. The molecule has 1 aromatic heterocycles. The topological polar surface area (TPSA) is 36.9 Å². The Balaban J connectivity index is 3.02. The molecule has 0 saturated carbocycles. The first-order chi connectivity index (χ1) is 6.02. The molecule has 0 fully saturated rings. The van der Waals surface area contributed by atoms with E-state index in [1.807, 2.05) is 23.6 Å². The molecule has 4 nitrogen and oxygen atoms in total. The summed E-state index contributed by atoms with van der Waals surface area (Å²) in [5, 5.41) is 6.94. The van der Waals surface area contributed by atoms with E-state index in [9.17, 15) is 0 Å². The van der Waals surface area contributed by atoms with Crippen LogP contribution in [0.1, 0.15) is 13.8 Å². The largest absolute Gasteiger partial charge is 0.347 e. The van der Waals surface area contributed by atoms with Crippen LogP contribution in [0.15, 0.2) is 0 Å². The molecule has 0 unspecified atom stereocenters. The molecule has 0 saturated heterocycles. The lowest BCUT2D eigenvalue weighted by Gasteiger charge is -2.14. The zero-order chi connectivity index (χ0) is 10.0. The van der Waals surface area contributed by atoms with Crippen molar-refractivity contribution in [3.63, 3.8) is 0 Å². The molecule has 0 aliphatic carbocycles. The Morgan fingerprint density at radius 1 is 1.54 bits per heavy atom. The average Bonchev–Trinajstić information content (AvgIpc) is 2.32. The van der Waals surface area contributed by atoms with E-state index < -0.39 is 0 Å². The first-order valence-electron chi connectivity index (χ1n) is 4.35. The summed E-state index contributed by atoms with van der Waals surface area (Å²) in [5.74, 6) is 1.46. The minimum Gasteiger partial charge on any atom is -0.347 e. The fourth-order valence-corrected chi connectivity index (χ4v) is 1.38. The van der Waals surface area contributed by atoms with Gasteiger partial charge < -0.3 is 4.90 Å². The summed E-state index contributed by atoms with van der Waals surface area (Å²) >= 11 is 5.13. The molecule has 1 aromatic rings. The normalized spacial score (nSPS) is 10.8. The van der Waals surface area contributed by atoms with E-state index in [-0.39, 0.29) is 0 Å². The SMILES string of the molecule is CC(C)Cn1c(N(C)C)n[nH]c1=S. The van der Waals surface area contributed by atoms with E-state index in [4.69, 9.17) is 12.2 Å². The first kappa shape index (κ1) is 10.2. The summed E-state index contributed by atoms with van der Waals surface area (Å²) in [6.07, 6.45) is 0. The molecular weight excluding hydrogens is 184 g/mol. The number of nitrogens with zero attached hydrogens (tertiary/aromatic N) is 3. The van der Waals surface area contributed by atoms with Gasteiger partial charge in [-0.05, 0) is 18.1 Å². The highest BCUT2D eigenvalue weighted by Gasteiger charge is 2.08. The average molecular weight is 200 g/mol. The standard InChI is InChI=1S/C8H16N4S/c1-6(2)5-12-7(11(3)4)9-10-8(12)13/h6H,5H2,1-4H3,(H,10,13). The Bertz CT molecular complexity index is 323. The van der Waals surface area contributed by atoms with Crippen LogP contribution in [-0.2, 0) is 6.54 Å². The van der Waals surface area contributed by atoms with Crippen molar-refractivity contribution in [2.24, 2.45) is 5.92 Å². The van der Waals surface area contributed by atoms with Gasteiger partial charge in [-0.3, -0.25) is 4.57 Å². The van der Waals surface area contributed by atoms with E-state index in [1.54, 1.807) is 0 Å². The van der Waals surface area contributed by atoms with Crippen LogP contribution in [-0.4, -0.2) is 28.9 Å². The Morgan fingerprint density at radius 2 is 2.15 bits per heavy atom. The summed E-state index contributed by atoms with van der Waals surface area (Å²) in [6, 6.07) is 0. The first-order valence-corrected chi connectivity index (χ1v) is 4.75. The molecule has 13 heavy (non-hydrogen) atoms. The van der Waals surface area contributed by atoms with Gasteiger partial charge in [0.25, 0.3) is 0 Å².